The number of amides is 2. The van der Waals surface area contributed by atoms with E-state index in [4.69, 9.17) is 11.6 Å². The Balaban J connectivity index is 1.29. The second-order valence-electron chi connectivity index (χ2n) is 8.04. The smallest absolute Gasteiger partial charge is 0.265 e. The Bertz CT molecular complexity index is 1080. The number of hydrogen-bond acceptors (Lipinski definition) is 5. The summed E-state index contributed by atoms with van der Waals surface area (Å²) in [6.07, 6.45) is 1.80. The van der Waals surface area contributed by atoms with E-state index >= 15 is 0 Å². The van der Waals surface area contributed by atoms with Crippen molar-refractivity contribution in [3.63, 3.8) is 0 Å². The van der Waals surface area contributed by atoms with Crippen LogP contribution in [0.1, 0.15) is 44.9 Å². The van der Waals surface area contributed by atoms with Crippen LogP contribution in [-0.4, -0.2) is 35.1 Å². The molecular weight excluding hydrogens is 434 g/mol. The summed E-state index contributed by atoms with van der Waals surface area (Å²) in [4.78, 5) is 40.6. The number of carbonyl (C=O) groups is 3. The first kappa shape index (κ1) is 21.6. The number of nitrogens with one attached hydrogen (secondary N) is 2. The number of rotatable bonds is 6. The number of thiophene rings is 1. The van der Waals surface area contributed by atoms with Crippen LogP contribution in [0.15, 0.2) is 36.4 Å². The fraction of sp³-hybridized carbons (Fsp3) is 0.348. The van der Waals surface area contributed by atoms with Gasteiger partial charge in [0.25, 0.3) is 5.91 Å². The number of benzene rings is 1. The van der Waals surface area contributed by atoms with Gasteiger partial charge in [-0.15, -0.1) is 11.3 Å². The molecule has 1 aliphatic heterocycles. The van der Waals surface area contributed by atoms with Gasteiger partial charge in [0.2, 0.25) is 5.91 Å². The minimum absolute atomic E-state index is 0.0783. The van der Waals surface area contributed by atoms with E-state index in [9.17, 15) is 14.4 Å². The molecule has 6 nitrogen and oxygen atoms in total. The van der Waals surface area contributed by atoms with E-state index < -0.39 is 0 Å². The van der Waals surface area contributed by atoms with E-state index in [2.05, 4.69) is 17.2 Å². The van der Waals surface area contributed by atoms with Gasteiger partial charge in [-0.05, 0) is 49.1 Å². The van der Waals surface area contributed by atoms with Crippen LogP contribution in [0.2, 0.25) is 5.02 Å². The normalized spacial score (nSPS) is 18.3. The van der Waals surface area contributed by atoms with Crippen LogP contribution in [0, 0.1) is 6.92 Å². The monoisotopic (exact) mass is 457 g/mol. The summed E-state index contributed by atoms with van der Waals surface area (Å²) in [5.74, 6) is -0.151. The van der Waals surface area contributed by atoms with Crippen molar-refractivity contribution in [3.05, 3.63) is 62.3 Å². The minimum atomic E-state index is -0.345. The molecule has 0 bridgehead atoms. The summed E-state index contributed by atoms with van der Waals surface area (Å²) < 4.78 is 0. The lowest BCUT2D eigenvalue weighted by atomic mass is 9.90. The lowest BCUT2D eigenvalue weighted by molar-refractivity contribution is -0.124. The first-order valence-electron chi connectivity index (χ1n) is 10.2. The Labute approximate surface area is 190 Å². The van der Waals surface area contributed by atoms with Gasteiger partial charge in [-0.25, -0.2) is 0 Å². The van der Waals surface area contributed by atoms with E-state index in [1.54, 1.807) is 11.0 Å². The molecule has 1 aromatic heterocycles. The maximum absolute atomic E-state index is 12.8. The third kappa shape index (κ3) is 4.67. The summed E-state index contributed by atoms with van der Waals surface area (Å²) in [5.41, 5.74) is 3.64. The second-order valence-corrected chi connectivity index (χ2v) is 9.59. The summed E-state index contributed by atoms with van der Waals surface area (Å²) in [7, 11) is 0. The third-order valence-corrected chi connectivity index (χ3v) is 7.26. The fourth-order valence-electron chi connectivity index (χ4n) is 3.93. The first-order chi connectivity index (χ1) is 14.8. The summed E-state index contributed by atoms with van der Waals surface area (Å²) in [6.45, 7) is 6.76. The van der Waals surface area contributed by atoms with Crippen molar-refractivity contribution in [2.45, 2.75) is 45.3 Å². The van der Waals surface area contributed by atoms with Gasteiger partial charge in [0.05, 0.1) is 24.0 Å². The van der Waals surface area contributed by atoms with Gasteiger partial charge in [0.1, 0.15) is 0 Å². The molecule has 0 radical (unpaired) electrons. The number of aryl methyl sites for hydroxylation is 1. The van der Waals surface area contributed by atoms with E-state index in [0.29, 0.717) is 35.8 Å². The SMILES string of the molecule is C=C1CCC(N2Cc3cc(CNC(=O)CNc4ccc(C)c(Cl)c4)sc3C2=O)C(=O)C1. The van der Waals surface area contributed by atoms with Crippen LogP contribution in [-0.2, 0) is 22.7 Å². The number of nitrogens with zero attached hydrogens (tertiary/aromatic N) is 1. The predicted octanol–water partition coefficient (Wildman–Crippen LogP) is 4.07. The van der Waals surface area contributed by atoms with E-state index in [0.717, 1.165) is 33.7 Å². The van der Waals surface area contributed by atoms with Crippen molar-refractivity contribution in [1.29, 1.82) is 0 Å². The van der Waals surface area contributed by atoms with Crippen molar-refractivity contribution >= 4 is 46.2 Å². The Hall–Kier alpha value is -2.64. The Kier molecular flexibility index (Phi) is 6.16. The van der Waals surface area contributed by atoms with Crippen molar-refractivity contribution in [2.75, 3.05) is 11.9 Å². The number of allylic oxidation sites excluding steroid dienone is 1. The lowest BCUT2D eigenvalue weighted by Crippen LogP contribution is -2.43. The molecule has 2 heterocycles. The molecular formula is C23H24ClN3O3S. The van der Waals surface area contributed by atoms with Gasteiger partial charge in [-0.1, -0.05) is 29.8 Å². The molecule has 1 aromatic carbocycles. The number of ketones is 1. The standard InChI is InChI=1S/C23H24ClN3O3S/c1-13-3-6-19(20(28)7-13)27-12-15-8-17(31-22(15)23(27)30)10-26-21(29)11-25-16-5-4-14(2)18(24)9-16/h4-5,8-9,19,25H,1,3,6-7,10-12H2,2H3,(H,26,29). The number of halogens is 1. The highest BCUT2D eigenvalue weighted by molar-refractivity contribution is 7.14. The number of fused-ring (bicyclic) bond motifs is 1. The highest BCUT2D eigenvalue weighted by atomic mass is 35.5. The van der Waals surface area contributed by atoms with Crippen molar-refractivity contribution in [3.8, 4) is 0 Å². The van der Waals surface area contributed by atoms with Crippen LogP contribution in [0.3, 0.4) is 0 Å². The maximum Gasteiger partial charge on any atom is 0.265 e. The molecule has 8 heteroatoms. The topological polar surface area (TPSA) is 78.5 Å². The molecule has 162 valence electrons. The molecule has 1 fully saturated rings. The van der Waals surface area contributed by atoms with Crippen LogP contribution < -0.4 is 10.6 Å². The fourth-order valence-corrected chi connectivity index (χ4v) is 5.17. The average molecular weight is 458 g/mol. The minimum Gasteiger partial charge on any atom is -0.376 e. The molecule has 31 heavy (non-hydrogen) atoms. The van der Waals surface area contributed by atoms with Gasteiger partial charge in [0, 0.05) is 28.6 Å². The molecule has 0 saturated heterocycles. The Morgan fingerprint density at radius 3 is 2.84 bits per heavy atom. The quantitative estimate of drug-likeness (QED) is 0.641. The van der Waals surface area contributed by atoms with Gasteiger partial charge < -0.3 is 15.5 Å². The highest BCUT2D eigenvalue weighted by Crippen LogP contribution is 2.35. The Morgan fingerprint density at radius 2 is 2.13 bits per heavy atom. The first-order valence-corrected chi connectivity index (χ1v) is 11.4. The number of carbonyl (C=O) groups excluding carboxylic acids is 3. The third-order valence-electron chi connectivity index (χ3n) is 5.68. The van der Waals surface area contributed by atoms with Crippen LogP contribution in [0.25, 0.3) is 0 Å². The van der Waals surface area contributed by atoms with Crippen molar-refractivity contribution in [1.82, 2.24) is 10.2 Å². The van der Waals surface area contributed by atoms with Gasteiger partial charge >= 0.3 is 0 Å². The molecule has 1 atom stereocenters. The predicted molar refractivity (Wildman–Crippen MR) is 123 cm³/mol. The summed E-state index contributed by atoms with van der Waals surface area (Å²) >= 11 is 7.49. The van der Waals surface area contributed by atoms with Gasteiger partial charge in [0.15, 0.2) is 5.78 Å². The second kappa shape index (κ2) is 8.85. The summed E-state index contributed by atoms with van der Waals surface area (Å²) in [5, 5.41) is 6.57. The zero-order valence-electron chi connectivity index (χ0n) is 17.3. The molecule has 4 rings (SSSR count). The number of hydrogen-bond donors (Lipinski definition) is 2. The van der Waals surface area contributed by atoms with E-state index in [-0.39, 0.29) is 30.2 Å². The largest absolute Gasteiger partial charge is 0.376 e. The molecule has 1 aliphatic carbocycles. The Morgan fingerprint density at radius 1 is 1.32 bits per heavy atom. The maximum atomic E-state index is 12.8. The molecule has 1 saturated carbocycles. The molecule has 2 N–H and O–H groups in total. The highest BCUT2D eigenvalue weighted by Gasteiger charge is 2.39. The number of anilines is 1. The van der Waals surface area contributed by atoms with Crippen molar-refractivity contribution in [2.24, 2.45) is 0 Å². The van der Waals surface area contributed by atoms with Crippen molar-refractivity contribution < 1.29 is 14.4 Å². The molecule has 0 spiro atoms. The van der Waals surface area contributed by atoms with Crippen LogP contribution >= 0.6 is 22.9 Å². The van der Waals surface area contributed by atoms with E-state index in [1.807, 2.05) is 25.1 Å². The zero-order chi connectivity index (χ0) is 22.1. The van der Waals surface area contributed by atoms with Gasteiger partial charge in [-0.2, -0.15) is 0 Å². The molecule has 2 amide bonds. The lowest BCUT2D eigenvalue weighted by Gasteiger charge is -2.30. The number of Topliss-reactive ketones (excluding diaryl/α,β-unsaturated/α-hetero) is 1. The summed E-state index contributed by atoms with van der Waals surface area (Å²) in [6, 6.07) is 7.17. The molecule has 2 aromatic rings. The zero-order valence-corrected chi connectivity index (χ0v) is 18.9. The molecule has 2 aliphatic rings. The average Bonchev–Trinajstić information content (AvgIpc) is 3.26. The van der Waals surface area contributed by atoms with Gasteiger partial charge in [-0.3, -0.25) is 14.4 Å². The van der Waals surface area contributed by atoms with E-state index in [1.165, 1.54) is 11.3 Å². The molecule has 1 unspecified atom stereocenters. The van der Waals surface area contributed by atoms with Crippen LogP contribution in [0.5, 0.6) is 0 Å². The van der Waals surface area contributed by atoms with Crippen LogP contribution in [0.4, 0.5) is 5.69 Å².